The van der Waals surface area contributed by atoms with Crippen molar-refractivity contribution in [2.24, 2.45) is 0 Å². The van der Waals surface area contributed by atoms with Gasteiger partial charge in [-0.05, 0) is 32.0 Å². The molecule has 0 aliphatic carbocycles. The lowest BCUT2D eigenvalue weighted by atomic mass is 10.1. The average Bonchev–Trinajstić information content (AvgIpc) is 3.08. The molecule has 3 rings (SSSR count). The van der Waals surface area contributed by atoms with E-state index in [1.807, 2.05) is 13.0 Å². The molecule has 128 valence electrons. The SMILES string of the molecule is COC(=O)c1ccc(CSc2nc(C)cc(-c3ccc(C)cc3)n2)o1. The van der Waals surface area contributed by atoms with Crippen molar-refractivity contribution in [1.29, 1.82) is 0 Å². The second kappa shape index (κ2) is 7.53. The van der Waals surface area contributed by atoms with E-state index in [4.69, 9.17) is 4.42 Å². The molecule has 0 N–H and O–H groups in total. The zero-order chi connectivity index (χ0) is 17.8. The summed E-state index contributed by atoms with van der Waals surface area (Å²) in [7, 11) is 1.33. The van der Waals surface area contributed by atoms with Gasteiger partial charge in [0.15, 0.2) is 5.16 Å². The molecule has 0 aliphatic heterocycles. The first-order chi connectivity index (χ1) is 12.0. The minimum atomic E-state index is -0.482. The minimum absolute atomic E-state index is 0.198. The highest BCUT2D eigenvalue weighted by molar-refractivity contribution is 7.98. The monoisotopic (exact) mass is 354 g/mol. The van der Waals surface area contributed by atoms with Crippen LogP contribution < -0.4 is 0 Å². The van der Waals surface area contributed by atoms with Crippen LogP contribution in [0.5, 0.6) is 0 Å². The predicted molar refractivity (Wildman–Crippen MR) is 96.6 cm³/mol. The fourth-order valence-corrected chi connectivity index (χ4v) is 3.08. The fourth-order valence-electron chi connectivity index (χ4n) is 2.28. The molecule has 6 heteroatoms. The number of rotatable bonds is 5. The van der Waals surface area contributed by atoms with E-state index < -0.39 is 5.97 Å². The number of hydrogen-bond acceptors (Lipinski definition) is 6. The van der Waals surface area contributed by atoms with E-state index in [-0.39, 0.29) is 5.76 Å². The lowest BCUT2D eigenvalue weighted by molar-refractivity contribution is 0.0563. The van der Waals surface area contributed by atoms with E-state index in [0.29, 0.717) is 16.7 Å². The Labute approximate surface area is 150 Å². The van der Waals surface area contributed by atoms with E-state index >= 15 is 0 Å². The summed E-state index contributed by atoms with van der Waals surface area (Å²) in [5, 5.41) is 0.673. The van der Waals surface area contributed by atoms with Gasteiger partial charge in [-0.1, -0.05) is 41.6 Å². The smallest absolute Gasteiger partial charge is 0.373 e. The van der Waals surface area contributed by atoms with Gasteiger partial charge in [0.2, 0.25) is 5.76 Å². The first kappa shape index (κ1) is 17.2. The van der Waals surface area contributed by atoms with Crippen LogP contribution in [0.1, 0.15) is 27.6 Å². The van der Waals surface area contributed by atoms with Crippen LogP contribution in [0, 0.1) is 13.8 Å². The fraction of sp³-hybridized carbons (Fsp3) is 0.211. The Bertz CT molecular complexity index is 888. The molecule has 0 aliphatic rings. The molecule has 0 radical (unpaired) electrons. The van der Waals surface area contributed by atoms with E-state index in [1.54, 1.807) is 12.1 Å². The van der Waals surface area contributed by atoms with Crippen molar-refractivity contribution in [1.82, 2.24) is 9.97 Å². The van der Waals surface area contributed by atoms with Gasteiger partial charge >= 0.3 is 5.97 Å². The maximum Gasteiger partial charge on any atom is 0.373 e. The molecule has 0 unspecified atom stereocenters. The molecule has 5 nitrogen and oxygen atoms in total. The van der Waals surface area contributed by atoms with Crippen molar-refractivity contribution in [2.45, 2.75) is 24.8 Å². The van der Waals surface area contributed by atoms with Gasteiger partial charge in [-0.25, -0.2) is 14.8 Å². The summed E-state index contributed by atoms with van der Waals surface area (Å²) in [6.45, 7) is 4.01. The number of carbonyl (C=O) groups excluding carboxylic acids is 1. The normalized spacial score (nSPS) is 10.7. The van der Waals surface area contributed by atoms with Crippen molar-refractivity contribution in [2.75, 3.05) is 7.11 Å². The number of benzene rings is 1. The van der Waals surface area contributed by atoms with Crippen LogP contribution in [0.2, 0.25) is 0 Å². The van der Waals surface area contributed by atoms with Crippen molar-refractivity contribution in [3.8, 4) is 11.3 Å². The molecule has 0 amide bonds. The van der Waals surface area contributed by atoms with Crippen LogP contribution in [0.3, 0.4) is 0 Å². The lowest BCUT2D eigenvalue weighted by Crippen LogP contribution is -1.98. The first-order valence-corrected chi connectivity index (χ1v) is 8.76. The van der Waals surface area contributed by atoms with Crippen LogP contribution in [-0.2, 0) is 10.5 Å². The number of hydrogen-bond donors (Lipinski definition) is 0. The highest BCUT2D eigenvalue weighted by atomic mass is 32.2. The van der Waals surface area contributed by atoms with E-state index in [0.717, 1.165) is 17.0 Å². The molecule has 25 heavy (non-hydrogen) atoms. The summed E-state index contributed by atoms with van der Waals surface area (Å²) >= 11 is 1.46. The largest absolute Gasteiger partial charge is 0.463 e. The Morgan fingerprint density at radius 3 is 2.60 bits per heavy atom. The van der Waals surface area contributed by atoms with E-state index in [2.05, 4.69) is 45.9 Å². The van der Waals surface area contributed by atoms with Gasteiger partial charge in [-0.2, -0.15) is 0 Å². The van der Waals surface area contributed by atoms with Crippen LogP contribution >= 0.6 is 11.8 Å². The number of furan rings is 1. The molecule has 0 bridgehead atoms. The Morgan fingerprint density at radius 2 is 1.88 bits per heavy atom. The molecule has 0 saturated heterocycles. The summed E-state index contributed by atoms with van der Waals surface area (Å²) in [6, 6.07) is 13.6. The molecule has 2 aromatic heterocycles. The van der Waals surface area contributed by atoms with Gasteiger partial charge < -0.3 is 9.15 Å². The van der Waals surface area contributed by atoms with Crippen molar-refractivity contribution in [3.63, 3.8) is 0 Å². The standard InChI is InChI=1S/C19H18N2O3S/c1-12-4-6-14(7-5-12)16-10-13(2)20-19(21-16)25-11-15-8-9-17(24-15)18(22)23-3/h4-10H,11H2,1-3H3. The summed E-state index contributed by atoms with van der Waals surface area (Å²) in [4.78, 5) is 20.5. The van der Waals surface area contributed by atoms with Gasteiger partial charge in [0, 0.05) is 11.3 Å². The highest BCUT2D eigenvalue weighted by Gasteiger charge is 2.12. The number of esters is 1. The Hall–Kier alpha value is -2.60. The number of thioether (sulfide) groups is 1. The third-order valence-electron chi connectivity index (χ3n) is 3.57. The van der Waals surface area contributed by atoms with E-state index in [1.165, 1.54) is 24.4 Å². The molecule has 0 spiro atoms. The minimum Gasteiger partial charge on any atom is -0.463 e. The maximum absolute atomic E-state index is 11.4. The second-order valence-electron chi connectivity index (χ2n) is 5.59. The first-order valence-electron chi connectivity index (χ1n) is 7.77. The Morgan fingerprint density at radius 1 is 1.12 bits per heavy atom. The lowest BCUT2D eigenvalue weighted by Gasteiger charge is -2.06. The average molecular weight is 354 g/mol. The van der Waals surface area contributed by atoms with Crippen LogP contribution in [0.4, 0.5) is 0 Å². The van der Waals surface area contributed by atoms with E-state index in [9.17, 15) is 4.79 Å². The van der Waals surface area contributed by atoms with Crippen molar-refractivity contribution >= 4 is 17.7 Å². The number of aryl methyl sites for hydroxylation is 2. The van der Waals surface area contributed by atoms with Gasteiger partial charge in [-0.15, -0.1) is 0 Å². The van der Waals surface area contributed by atoms with Gasteiger partial charge in [0.1, 0.15) is 5.76 Å². The number of methoxy groups -OCH3 is 1. The molecule has 2 heterocycles. The number of ether oxygens (including phenoxy) is 1. The maximum atomic E-state index is 11.4. The predicted octanol–water partition coefficient (Wildman–Crippen LogP) is 4.43. The molecule has 1 aromatic carbocycles. The Kier molecular flexibility index (Phi) is 5.19. The Balaban J connectivity index is 1.75. The molecular formula is C19H18N2O3S. The second-order valence-corrected chi connectivity index (χ2v) is 6.53. The zero-order valence-electron chi connectivity index (χ0n) is 14.3. The van der Waals surface area contributed by atoms with Gasteiger partial charge in [0.25, 0.3) is 0 Å². The number of nitrogens with zero attached hydrogens (tertiary/aromatic N) is 2. The summed E-state index contributed by atoms with van der Waals surface area (Å²) in [5.41, 5.74) is 4.07. The summed E-state index contributed by atoms with van der Waals surface area (Å²) in [5.74, 6) is 0.925. The van der Waals surface area contributed by atoms with Crippen LogP contribution in [-0.4, -0.2) is 23.0 Å². The molecule has 0 atom stereocenters. The molecular weight excluding hydrogens is 336 g/mol. The topological polar surface area (TPSA) is 65.2 Å². The zero-order valence-corrected chi connectivity index (χ0v) is 15.1. The summed E-state index contributed by atoms with van der Waals surface area (Å²) < 4.78 is 10.1. The third kappa shape index (κ3) is 4.28. The highest BCUT2D eigenvalue weighted by Crippen LogP contribution is 2.25. The molecule has 0 saturated carbocycles. The molecule has 0 fully saturated rings. The quantitative estimate of drug-likeness (QED) is 0.384. The van der Waals surface area contributed by atoms with Crippen LogP contribution in [0.15, 0.2) is 52.0 Å². The van der Waals surface area contributed by atoms with Crippen molar-refractivity contribution < 1.29 is 13.9 Å². The summed E-state index contributed by atoms with van der Waals surface area (Å²) in [6.07, 6.45) is 0. The number of aromatic nitrogens is 2. The van der Waals surface area contributed by atoms with Gasteiger partial charge in [0.05, 0.1) is 18.6 Å². The number of carbonyl (C=O) groups is 1. The van der Waals surface area contributed by atoms with Crippen molar-refractivity contribution in [3.05, 3.63) is 65.2 Å². The molecule has 3 aromatic rings. The van der Waals surface area contributed by atoms with Gasteiger partial charge in [-0.3, -0.25) is 0 Å². The van der Waals surface area contributed by atoms with Crippen LogP contribution in [0.25, 0.3) is 11.3 Å². The third-order valence-corrected chi connectivity index (χ3v) is 4.44.